The Kier molecular flexibility index (Phi) is 11.2. The fourth-order valence-electron chi connectivity index (χ4n) is 4.12. The molecule has 2 unspecified atom stereocenters. The quantitative estimate of drug-likeness (QED) is 0.451. The molecule has 4 atom stereocenters. The number of benzene rings is 1. The minimum atomic E-state index is -1.27. The number of hydrogen-bond acceptors (Lipinski definition) is 8. The number of rotatable bonds is 8. The van der Waals surface area contributed by atoms with E-state index in [9.17, 15) is 14.7 Å². The van der Waals surface area contributed by atoms with Crippen LogP contribution in [0.3, 0.4) is 0 Å². The third kappa shape index (κ3) is 9.12. The van der Waals surface area contributed by atoms with Crippen molar-refractivity contribution in [2.45, 2.75) is 76.3 Å². The van der Waals surface area contributed by atoms with Crippen molar-refractivity contribution in [1.82, 2.24) is 10.6 Å². The maximum atomic E-state index is 12.2. The van der Waals surface area contributed by atoms with Gasteiger partial charge in [-0.2, -0.15) is 0 Å². The number of alkyl carbamates (subject to hydrolysis) is 1. The van der Waals surface area contributed by atoms with E-state index in [-0.39, 0.29) is 43.2 Å². The monoisotopic (exact) mass is 470 g/mol. The summed E-state index contributed by atoms with van der Waals surface area (Å²) in [6.07, 6.45) is 2.73. The van der Waals surface area contributed by atoms with Gasteiger partial charge in [0.05, 0.1) is 37.4 Å². The van der Waals surface area contributed by atoms with Crippen LogP contribution in [0.1, 0.15) is 58.1 Å². The van der Waals surface area contributed by atoms with E-state index >= 15 is 0 Å². The number of nitrogens with one attached hydrogen (secondary N) is 2. The Labute approximate surface area is 213 Å². The maximum Gasteiger partial charge on any atom is 1.00 e. The number of carboxylic acid groups (broad SMARTS) is 1. The largest absolute Gasteiger partial charge is 1.00 e. The molecular formula is C24H35LiN2O7. The van der Waals surface area contributed by atoms with Crippen LogP contribution in [0.4, 0.5) is 4.79 Å². The molecule has 1 amide bonds. The van der Waals surface area contributed by atoms with Gasteiger partial charge < -0.3 is 39.5 Å². The summed E-state index contributed by atoms with van der Waals surface area (Å²) in [7, 11) is 0. The Morgan fingerprint density at radius 3 is 2.65 bits per heavy atom. The van der Waals surface area contributed by atoms with Gasteiger partial charge in [-0.05, 0) is 59.1 Å². The number of piperidine rings is 1. The van der Waals surface area contributed by atoms with Gasteiger partial charge in [0.1, 0.15) is 18.0 Å². The van der Waals surface area contributed by atoms with Crippen molar-refractivity contribution in [1.29, 1.82) is 0 Å². The second-order valence-electron chi connectivity index (χ2n) is 9.51. The fourth-order valence-corrected chi connectivity index (χ4v) is 4.12. The zero-order valence-corrected chi connectivity index (χ0v) is 20.6. The molecule has 3 rings (SSSR count). The summed E-state index contributed by atoms with van der Waals surface area (Å²) >= 11 is 0. The molecule has 2 heterocycles. The van der Waals surface area contributed by atoms with Gasteiger partial charge in [-0.1, -0.05) is 18.2 Å². The van der Waals surface area contributed by atoms with E-state index in [4.69, 9.17) is 18.9 Å². The molecule has 2 saturated heterocycles. The molecule has 184 valence electrons. The van der Waals surface area contributed by atoms with Crippen LogP contribution < -0.4 is 39.3 Å². The molecule has 1 aromatic carbocycles. The van der Waals surface area contributed by atoms with Crippen molar-refractivity contribution in [3.05, 3.63) is 29.8 Å². The van der Waals surface area contributed by atoms with Gasteiger partial charge in [-0.15, -0.1) is 0 Å². The summed E-state index contributed by atoms with van der Waals surface area (Å²) in [6, 6.07) is 7.23. The van der Waals surface area contributed by atoms with Crippen LogP contribution in [0.15, 0.2) is 24.3 Å². The van der Waals surface area contributed by atoms with Crippen LogP contribution in [0, 0.1) is 0 Å². The van der Waals surface area contributed by atoms with Crippen LogP contribution in [0.2, 0.25) is 0 Å². The van der Waals surface area contributed by atoms with Crippen molar-refractivity contribution in [3.63, 3.8) is 0 Å². The molecule has 0 spiro atoms. The molecule has 2 N–H and O–H groups in total. The van der Waals surface area contributed by atoms with Gasteiger partial charge in [-0.25, -0.2) is 4.79 Å². The molecule has 9 nitrogen and oxygen atoms in total. The number of ether oxygens (including phenoxy) is 4. The second-order valence-corrected chi connectivity index (χ2v) is 9.51. The Balaban J connectivity index is 0.00000408. The van der Waals surface area contributed by atoms with Gasteiger partial charge in [0.15, 0.2) is 0 Å². The average molecular weight is 470 g/mol. The summed E-state index contributed by atoms with van der Waals surface area (Å²) in [6.45, 7) is 6.80. The summed E-state index contributed by atoms with van der Waals surface area (Å²) in [4.78, 5) is 22.9. The molecule has 34 heavy (non-hydrogen) atoms. The first kappa shape index (κ1) is 28.5. The van der Waals surface area contributed by atoms with E-state index in [0.29, 0.717) is 19.0 Å². The van der Waals surface area contributed by atoms with Gasteiger partial charge in [0, 0.05) is 11.6 Å². The Hall–Kier alpha value is -1.76. The maximum absolute atomic E-state index is 12.2. The predicted octanol–water partition coefficient (Wildman–Crippen LogP) is -1.30. The molecule has 1 aromatic rings. The molecule has 10 heteroatoms. The van der Waals surface area contributed by atoms with Gasteiger partial charge >= 0.3 is 25.0 Å². The zero-order valence-electron chi connectivity index (χ0n) is 20.6. The number of carbonyl (C=O) groups excluding carboxylic acids is 2. The summed E-state index contributed by atoms with van der Waals surface area (Å²) < 4.78 is 22.9. The molecule has 0 aromatic heterocycles. The van der Waals surface area contributed by atoms with Crippen LogP contribution >= 0.6 is 0 Å². The first-order valence-corrected chi connectivity index (χ1v) is 11.6. The van der Waals surface area contributed by atoms with Crippen LogP contribution in [-0.4, -0.2) is 62.2 Å². The number of carboxylic acids is 1. The van der Waals surface area contributed by atoms with Crippen molar-refractivity contribution in [2.24, 2.45) is 0 Å². The first-order chi connectivity index (χ1) is 15.7. The van der Waals surface area contributed by atoms with Crippen molar-refractivity contribution >= 4 is 12.1 Å². The minimum Gasteiger partial charge on any atom is -0.546 e. The van der Waals surface area contributed by atoms with Crippen LogP contribution in [0.5, 0.6) is 5.75 Å². The topological polar surface area (TPSA) is 118 Å². The first-order valence-electron chi connectivity index (χ1n) is 11.6. The Morgan fingerprint density at radius 2 is 1.97 bits per heavy atom. The van der Waals surface area contributed by atoms with Gasteiger partial charge in [-0.3, -0.25) is 0 Å². The number of aliphatic carboxylic acids is 1. The SMILES string of the molecule is CC(C)(C)OC(=O)NC1CCCNC1CO[C@H]1CC[C@@H](c2ccccc2OCC(=O)[O-])OC1.[Li+]. The van der Waals surface area contributed by atoms with E-state index < -0.39 is 24.3 Å². The Morgan fingerprint density at radius 1 is 1.21 bits per heavy atom. The van der Waals surface area contributed by atoms with E-state index in [0.717, 1.165) is 37.8 Å². The number of para-hydroxylation sites is 1. The smallest absolute Gasteiger partial charge is 0.546 e. The molecule has 0 bridgehead atoms. The van der Waals surface area contributed by atoms with Crippen LogP contribution in [0.25, 0.3) is 0 Å². The molecule has 0 radical (unpaired) electrons. The van der Waals surface area contributed by atoms with Crippen molar-refractivity contribution in [2.75, 3.05) is 26.4 Å². The van der Waals surface area contributed by atoms with Gasteiger partial charge in [0.25, 0.3) is 0 Å². The number of carbonyl (C=O) groups is 2. The molecule has 2 fully saturated rings. The van der Waals surface area contributed by atoms with E-state index in [1.54, 1.807) is 12.1 Å². The van der Waals surface area contributed by atoms with Crippen molar-refractivity contribution in [3.8, 4) is 5.75 Å². The number of amides is 1. The second kappa shape index (κ2) is 13.4. The standard InChI is InChI=1S/C24H36N2O7.Li/c1-24(2,3)33-23(29)26-18-8-6-12-25-19(18)14-30-16-10-11-21(31-13-16)17-7-4-5-9-20(17)32-15-22(27)28;/h4-5,7,9,16,18-19,21,25H,6,8,10-15H2,1-3H3,(H,26,29)(H,27,28);/q;+1/p-1/t16-,18?,19?,21-;/m0./s1. The molecule has 2 aliphatic heterocycles. The number of hydrogen-bond donors (Lipinski definition) is 2. The van der Waals surface area contributed by atoms with Gasteiger partial charge in [0.2, 0.25) is 0 Å². The van der Waals surface area contributed by atoms with E-state index in [1.165, 1.54) is 0 Å². The molecule has 0 aliphatic carbocycles. The third-order valence-electron chi connectivity index (χ3n) is 5.64. The van der Waals surface area contributed by atoms with Crippen molar-refractivity contribution < 1.29 is 52.5 Å². The minimum absolute atomic E-state index is 0. The third-order valence-corrected chi connectivity index (χ3v) is 5.64. The van der Waals surface area contributed by atoms with Crippen LogP contribution in [-0.2, 0) is 19.0 Å². The average Bonchev–Trinajstić information content (AvgIpc) is 2.76. The zero-order chi connectivity index (χ0) is 23.8. The Bertz CT molecular complexity index is 794. The summed E-state index contributed by atoms with van der Waals surface area (Å²) in [5.74, 6) is -0.771. The summed E-state index contributed by atoms with van der Waals surface area (Å²) in [5, 5.41) is 17.1. The molecular weight excluding hydrogens is 435 g/mol. The summed E-state index contributed by atoms with van der Waals surface area (Å²) in [5.41, 5.74) is 0.287. The van der Waals surface area contributed by atoms with E-state index in [1.807, 2.05) is 32.9 Å². The van der Waals surface area contributed by atoms with E-state index in [2.05, 4.69) is 10.6 Å². The molecule has 2 aliphatic rings. The predicted molar refractivity (Wildman–Crippen MR) is 119 cm³/mol. The fraction of sp³-hybridized carbons (Fsp3) is 0.667. The normalized spacial score (nSPS) is 25.0. The molecule has 0 saturated carbocycles.